The molecule has 15 heteroatoms. The zero-order valence-electron chi connectivity index (χ0n) is 21.4. The van der Waals surface area contributed by atoms with Crippen LogP contribution in [0.3, 0.4) is 0 Å². The topological polar surface area (TPSA) is 209 Å². The van der Waals surface area contributed by atoms with E-state index in [0.717, 1.165) is 12.1 Å². The Kier molecular flexibility index (Phi) is 6.69. The van der Waals surface area contributed by atoms with Crippen LogP contribution < -0.4 is 16.1 Å². The minimum Gasteiger partial charge on any atom is -0.502 e. The van der Waals surface area contributed by atoms with Gasteiger partial charge in [0.05, 0.1) is 10.3 Å². The van der Waals surface area contributed by atoms with Crippen LogP contribution in [-0.4, -0.2) is 65.9 Å². The van der Waals surface area contributed by atoms with Crippen molar-refractivity contribution < 1.29 is 38.7 Å². The molecule has 1 unspecified atom stereocenters. The first-order valence-electron chi connectivity index (χ1n) is 12.1. The molecule has 4 atom stereocenters. The molecule has 0 bridgehead atoms. The molecule has 14 nitrogen and oxygen atoms in total. The Morgan fingerprint density at radius 1 is 1.15 bits per heavy atom. The number of thioether (sulfide) groups is 1. The Labute approximate surface area is 234 Å². The van der Waals surface area contributed by atoms with Crippen LogP contribution in [0.1, 0.15) is 35.8 Å². The summed E-state index contributed by atoms with van der Waals surface area (Å²) in [5, 5.41) is 34.9. The first-order valence-corrected chi connectivity index (χ1v) is 13.0. The van der Waals surface area contributed by atoms with Gasteiger partial charge in [-0.15, -0.1) is 11.8 Å². The average Bonchev–Trinajstić information content (AvgIpc) is 3.18. The van der Waals surface area contributed by atoms with Crippen molar-refractivity contribution in [2.24, 2.45) is 0 Å². The summed E-state index contributed by atoms with van der Waals surface area (Å²) in [5.41, 5.74) is -2.55. The van der Waals surface area contributed by atoms with Crippen LogP contribution in [0.4, 0.5) is 5.69 Å². The maximum Gasteiger partial charge on any atom is 0.353 e. The molecule has 41 heavy (non-hydrogen) atoms. The molecule has 0 spiro atoms. The van der Waals surface area contributed by atoms with E-state index in [2.05, 4.69) is 10.6 Å². The lowest BCUT2D eigenvalue weighted by Gasteiger charge is -2.44. The number of carbonyl (C=O) groups excluding carboxylic acids is 3. The Hall–Kier alpha value is -4.92. The van der Waals surface area contributed by atoms with Gasteiger partial charge in [-0.1, -0.05) is 30.3 Å². The third kappa shape index (κ3) is 4.53. The highest BCUT2D eigenvalue weighted by Gasteiger charge is 2.64. The summed E-state index contributed by atoms with van der Waals surface area (Å²) in [5.74, 6) is -4.29. The number of carboxylic acids is 1. The lowest BCUT2D eigenvalue weighted by molar-refractivity contribution is -0.384. The van der Waals surface area contributed by atoms with Gasteiger partial charge >= 0.3 is 11.7 Å². The number of hydrogen-bond acceptors (Lipinski definition) is 10. The number of amides is 3. The fraction of sp³-hybridized carbons (Fsp3) is 0.269. The number of carboxylic acid groups (broad SMARTS) is 1. The smallest absolute Gasteiger partial charge is 0.353 e. The van der Waals surface area contributed by atoms with E-state index < -0.39 is 84.9 Å². The normalized spacial score (nSPS) is 21.5. The Morgan fingerprint density at radius 3 is 2.46 bits per heavy atom. The zero-order chi connectivity index (χ0) is 29.8. The number of aromatic hydroxyl groups is 1. The van der Waals surface area contributed by atoms with Crippen molar-refractivity contribution in [1.82, 2.24) is 15.5 Å². The van der Waals surface area contributed by atoms with Crippen LogP contribution in [0.15, 0.2) is 57.9 Å². The summed E-state index contributed by atoms with van der Waals surface area (Å²) in [6.45, 7) is 3.39. The second-order valence-corrected chi connectivity index (χ2v) is 11.7. The number of nitrogens with one attached hydrogen (secondary N) is 2. The molecule has 3 aromatic rings. The summed E-state index contributed by atoms with van der Waals surface area (Å²) < 4.78 is 4.39. The zero-order valence-corrected chi connectivity index (χ0v) is 22.2. The summed E-state index contributed by atoms with van der Waals surface area (Å²) in [6, 6.07) is 6.48. The highest BCUT2D eigenvalue weighted by Crippen LogP contribution is 2.50. The number of benzene rings is 2. The van der Waals surface area contributed by atoms with Crippen molar-refractivity contribution in [1.29, 1.82) is 0 Å². The van der Waals surface area contributed by atoms with E-state index >= 15 is 0 Å². The molecule has 4 N–H and O–H groups in total. The van der Waals surface area contributed by atoms with Crippen molar-refractivity contribution in [2.75, 3.05) is 0 Å². The molecule has 2 fully saturated rings. The van der Waals surface area contributed by atoms with E-state index in [1.165, 1.54) is 16.7 Å². The summed E-state index contributed by atoms with van der Waals surface area (Å²) in [6.07, 6.45) is 0.697. The van der Waals surface area contributed by atoms with Crippen molar-refractivity contribution in [2.45, 2.75) is 42.1 Å². The minimum atomic E-state index is -1.38. The van der Waals surface area contributed by atoms with Gasteiger partial charge in [-0.05, 0) is 31.5 Å². The third-order valence-corrected chi connectivity index (χ3v) is 8.54. The molecule has 2 saturated heterocycles. The highest BCUT2D eigenvalue weighted by atomic mass is 32.2. The van der Waals surface area contributed by atoms with Gasteiger partial charge in [0.2, 0.25) is 22.8 Å². The highest BCUT2D eigenvalue weighted by molar-refractivity contribution is 8.01. The number of β-lactam (4-membered cyclic amide) rings is 1. The maximum absolute atomic E-state index is 13.5. The molecule has 2 aliphatic heterocycles. The van der Waals surface area contributed by atoms with E-state index in [9.17, 15) is 44.3 Å². The number of phenolic OH excluding ortho intramolecular Hbond substituents is 1. The summed E-state index contributed by atoms with van der Waals surface area (Å²) in [4.78, 5) is 76.0. The molecule has 212 valence electrons. The molecule has 0 radical (unpaired) electrons. The fourth-order valence-electron chi connectivity index (χ4n) is 5.04. The van der Waals surface area contributed by atoms with Crippen LogP contribution in [-0.2, 0) is 14.4 Å². The average molecular weight is 583 g/mol. The van der Waals surface area contributed by atoms with Gasteiger partial charge in [-0.25, -0.2) is 4.79 Å². The van der Waals surface area contributed by atoms with Gasteiger partial charge in [0, 0.05) is 4.75 Å². The van der Waals surface area contributed by atoms with Gasteiger partial charge in [-0.3, -0.25) is 29.3 Å². The van der Waals surface area contributed by atoms with Crippen LogP contribution in [0.2, 0.25) is 0 Å². The van der Waals surface area contributed by atoms with Crippen LogP contribution in [0.5, 0.6) is 5.75 Å². The van der Waals surface area contributed by atoms with E-state index in [-0.39, 0.29) is 5.39 Å². The van der Waals surface area contributed by atoms with Crippen molar-refractivity contribution in [3.05, 3.63) is 80.2 Å². The SMILES string of the molecule is CC1(C)S[C@@H]2[C@H](NC(=O)C(NC(=O)c3coc4c([N+](=O)[O-])c(O)ccc4c3=O)c3ccccc3)C(=O)N2[C@H]1C(=O)O. The molecule has 2 aliphatic rings. The number of fused-ring (bicyclic) bond motifs is 2. The number of nitrogens with zero attached hydrogens (tertiary/aromatic N) is 2. The van der Waals surface area contributed by atoms with Crippen molar-refractivity contribution in [3.63, 3.8) is 0 Å². The standard InChI is InChI=1S/C26H22N4O10S/c1-26(2)20(25(36)37)29-23(35)16(24(29)41-26)28-22(34)15(11-6-4-3-5-7-11)27-21(33)13-10-40-19-12(18(13)32)8-9-14(31)17(19)30(38)39/h3-10,15-16,20,24,31H,1-2H3,(H,27,33)(H,28,34)(H,36,37)/t15?,16-,20+,24-/m1/s1. The van der Waals surface area contributed by atoms with Crippen LogP contribution in [0.25, 0.3) is 11.0 Å². The number of carbonyl (C=O) groups is 4. The molecule has 5 rings (SSSR count). The largest absolute Gasteiger partial charge is 0.502 e. The van der Waals surface area contributed by atoms with Crippen molar-refractivity contribution >= 4 is 52.1 Å². The first-order chi connectivity index (χ1) is 19.3. The third-order valence-electron chi connectivity index (χ3n) is 6.96. The predicted octanol–water partition coefficient (Wildman–Crippen LogP) is 1.51. The summed E-state index contributed by atoms with van der Waals surface area (Å²) >= 11 is 1.24. The summed E-state index contributed by atoms with van der Waals surface area (Å²) in [7, 11) is 0. The molecule has 3 amide bonds. The van der Waals surface area contributed by atoms with Gasteiger partial charge in [0.15, 0.2) is 5.75 Å². The molecular formula is C26H22N4O10S. The van der Waals surface area contributed by atoms with Crippen molar-refractivity contribution in [3.8, 4) is 5.75 Å². The Balaban J connectivity index is 1.42. The lowest BCUT2D eigenvalue weighted by Crippen LogP contribution is -2.71. The molecule has 0 saturated carbocycles. The number of hydrogen-bond donors (Lipinski definition) is 4. The monoisotopic (exact) mass is 582 g/mol. The lowest BCUT2D eigenvalue weighted by atomic mass is 9.95. The van der Waals surface area contributed by atoms with E-state index in [0.29, 0.717) is 11.8 Å². The molecular weight excluding hydrogens is 560 g/mol. The minimum absolute atomic E-state index is 0.315. The molecule has 3 heterocycles. The van der Waals surface area contributed by atoms with E-state index in [1.54, 1.807) is 44.2 Å². The first kappa shape index (κ1) is 27.6. The Bertz CT molecular complexity index is 1690. The van der Waals surface area contributed by atoms with Gasteiger partial charge in [-0.2, -0.15) is 0 Å². The van der Waals surface area contributed by atoms with Gasteiger partial charge in [0.25, 0.3) is 5.91 Å². The molecule has 2 aromatic carbocycles. The number of phenols is 1. The fourth-order valence-corrected chi connectivity index (χ4v) is 6.67. The Morgan fingerprint density at radius 2 is 1.83 bits per heavy atom. The number of aliphatic carboxylic acids is 1. The van der Waals surface area contributed by atoms with Gasteiger partial charge < -0.3 is 30.2 Å². The number of nitro groups is 1. The second-order valence-electron chi connectivity index (χ2n) is 9.95. The van der Waals surface area contributed by atoms with E-state index in [4.69, 9.17) is 4.42 Å². The van der Waals surface area contributed by atoms with Crippen LogP contribution in [0, 0.1) is 10.1 Å². The quantitative estimate of drug-likeness (QED) is 0.178. The second kappa shape index (κ2) is 9.92. The van der Waals surface area contributed by atoms with Crippen LogP contribution >= 0.6 is 11.8 Å². The molecule has 1 aromatic heterocycles. The maximum atomic E-state index is 13.5. The number of rotatable bonds is 7. The number of nitro benzene ring substituents is 1. The predicted molar refractivity (Wildman–Crippen MR) is 143 cm³/mol. The molecule has 0 aliphatic carbocycles. The van der Waals surface area contributed by atoms with Gasteiger partial charge in [0.1, 0.15) is 35.3 Å². The van der Waals surface area contributed by atoms with E-state index in [1.807, 2.05) is 0 Å².